The van der Waals surface area contributed by atoms with Crippen LogP contribution in [-0.2, 0) is 32.2 Å². The smallest absolute Gasteiger partial charge is 0.416 e. The van der Waals surface area contributed by atoms with Gasteiger partial charge in [-0.1, -0.05) is 12.1 Å². The van der Waals surface area contributed by atoms with Crippen LogP contribution in [0.15, 0.2) is 24.3 Å². The Bertz CT molecular complexity index is 541. The minimum atomic E-state index is -4.34. The fraction of sp³-hybridized carbons (Fsp3) is 0.417. The van der Waals surface area contributed by atoms with Gasteiger partial charge in [0, 0.05) is 0 Å². The number of halogens is 3. The van der Waals surface area contributed by atoms with Gasteiger partial charge in [0.1, 0.15) is 0 Å². The van der Waals surface area contributed by atoms with E-state index < -0.39 is 27.8 Å². The second-order valence-electron chi connectivity index (χ2n) is 3.91. The summed E-state index contributed by atoms with van der Waals surface area (Å²) in [5, 5.41) is 0. The first kappa shape index (κ1) is 19.4. The minimum Gasteiger partial charge on any atom is -0.466 e. The van der Waals surface area contributed by atoms with Gasteiger partial charge in [-0.2, -0.15) is 21.6 Å². The Kier molecular flexibility index (Phi) is 7.37. The van der Waals surface area contributed by atoms with E-state index in [1.807, 2.05) is 0 Å². The predicted octanol–water partition coefficient (Wildman–Crippen LogP) is 2.31. The third-order valence-corrected chi connectivity index (χ3v) is 1.94. The van der Waals surface area contributed by atoms with Crippen molar-refractivity contribution >= 4 is 16.1 Å². The Hall–Kier alpha value is -1.61. The molecule has 0 saturated carbocycles. The van der Waals surface area contributed by atoms with Crippen molar-refractivity contribution in [3.8, 4) is 0 Å². The zero-order chi connectivity index (χ0) is 16.7. The van der Waals surface area contributed by atoms with Crippen molar-refractivity contribution in [2.75, 3.05) is 12.9 Å². The number of hydrogen-bond donors (Lipinski definition) is 1. The van der Waals surface area contributed by atoms with Crippen molar-refractivity contribution in [2.45, 2.75) is 19.5 Å². The van der Waals surface area contributed by atoms with Crippen LogP contribution < -0.4 is 0 Å². The molecule has 0 aliphatic rings. The van der Waals surface area contributed by atoms with Gasteiger partial charge in [0.25, 0.3) is 10.1 Å². The lowest BCUT2D eigenvalue weighted by Crippen LogP contribution is -2.08. The molecule has 0 unspecified atom stereocenters. The maximum Gasteiger partial charge on any atom is 0.416 e. The van der Waals surface area contributed by atoms with Gasteiger partial charge >= 0.3 is 12.1 Å². The number of alkyl halides is 3. The molecular formula is C12H15F3O5S. The molecule has 5 nitrogen and oxygen atoms in total. The second-order valence-corrected chi connectivity index (χ2v) is 5.38. The molecule has 0 heterocycles. The fourth-order valence-electron chi connectivity index (χ4n) is 1.19. The van der Waals surface area contributed by atoms with Crippen molar-refractivity contribution in [2.24, 2.45) is 0 Å². The van der Waals surface area contributed by atoms with Gasteiger partial charge in [-0.05, 0) is 24.6 Å². The van der Waals surface area contributed by atoms with Gasteiger partial charge < -0.3 is 4.74 Å². The molecule has 0 saturated heterocycles. The minimum absolute atomic E-state index is 0.00796. The van der Waals surface area contributed by atoms with Gasteiger partial charge in [0.05, 0.1) is 24.8 Å². The summed E-state index contributed by atoms with van der Waals surface area (Å²) in [6, 6.07) is 4.46. The van der Waals surface area contributed by atoms with Crippen LogP contribution in [0.5, 0.6) is 0 Å². The molecular weight excluding hydrogens is 313 g/mol. The molecule has 0 aliphatic carbocycles. The zero-order valence-electron chi connectivity index (χ0n) is 11.3. The summed E-state index contributed by atoms with van der Waals surface area (Å²) in [5.74, 6) is -0.442. The zero-order valence-corrected chi connectivity index (χ0v) is 12.2. The van der Waals surface area contributed by atoms with Crippen molar-refractivity contribution in [3.63, 3.8) is 0 Å². The van der Waals surface area contributed by atoms with Gasteiger partial charge in [0.15, 0.2) is 0 Å². The Morgan fingerprint density at radius 3 is 2.00 bits per heavy atom. The lowest BCUT2D eigenvalue weighted by Gasteiger charge is -2.07. The molecule has 9 heteroatoms. The molecule has 1 rings (SSSR count). The summed E-state index contributed by atoms with van der Waals surface area (Å²) in [6.07, 6.45) is -3.64. The molecule has 0 aliphatic heterocycles. The number of hydrogen-bond acceptors (Lipinski definition) is 4. The SMILES string of the molecule is CCOC(=O)Cc1ccc(C(F)(F)F)cc1.CS(=O)(=O)O. The maximum atomic E-state index is 12.2. The summed E-state index contributed by atoms with van der Waals surface area (Å²) in [5.41, 5.74) is -0.216. The van der Waals surface area contributed by atoms with Crippen LogP contribution >= 0.6 is 0 Å². The summed E-state index contributed by atoms with van der Waals surface area (Å²) < 4.78 is 67.2. The maximum absolute atomic E-state index is 12.2. The second kappa shape index (κ2) is 7.99. The highest BCUT2D eigenvalue weighted by Crippen LogP contribution is 2.29. The van der Waals surface area contributed by atoms with Gasteiger partial charge in [0.2, 0.25) is 0 Å². The van der Waals surface area contributed by atoms with Crippen LogP contribution in [0.4, 0.5) is 13.2 Å². The standard InChI is InChI=1S/C11H11F3O2.CH4O3S/c1-2-16-10(15)7-8-3-5-9(6-4-8)11(12,13)14;1-5(2,3)4/h3-6H,2,7H2,1H3;1H3,(H,2,3,4). The van der Waals surface area contributed by atoms with Crippen molar-refractivity contribution in [1.29, 1.82) is 0 Å². The molecule has 0 spiro atoms. The molecule has 0 bridgehead atoms. The van der Waals surface area contributed by atoms with E-state index >= 15 is 0 Å². The largest absolute Gasteiger partial charge is 0.466 e. The van der Waals surface area contributed by atoms with Crippen LogP contribution in [0.1, 0.15) is 18.1 Å². The van der Waals surface area contributed by atoms with E-state index in [0.717, 1.165) is 12.1 Å². The highest BCUT2D eigenvalue weighted by Gasteiger charge is 2.29. The quantitative estimate of drug-likeness (QED) is 0.680. The topological polar surface area (TPSA) is 80.7 Å². The van der Waals surface area contributed by atoms with Crippen LogP contribution in [0.25, 0.3) is 0 Å². The monoisotopic (exact) mass is 328 g/mol. The number of esters is 1. The summed E-state index contributed by atoms with van der Waals surface area (Å²) in [4.78, 5) is 11.0. The molecule has 0 fully saturated rings. The summed E-state index contributed by atoms with van der Waals surface area (Å²) >= 11 is 0. The fourth-order valence-corrected chi connectivity index (χ4v) is 1.19. The van der Waals surface area contributed by atoms with Crippen LogP contribution in [0, 0.1) is 0 Å². The number of carbonyl (C=O) groups excluding carboxylic acids is 1. The molecule has 120 valence electrons. The van der Waals surface area contributed by atoms with Gasteiger partial charge in [-0.25, -0.2) is 0 Å². The Morgan fingerprint density at radius 2 is 1.67 bits per heavy atom. The predicted molar refractivity (Wildman–Crippen MR) is 69.3 cm³/mol. The number of ether oxygens (including phenoxy) is 1. The molecule has 0 amide bonds. The highest BCUT2D eigenvalue weighted by molar-refractivity contribution is 7.85. The average molecular weight is 328 g/mol. The van der Waals surface area contributed by atoms with Crippen LogP contribution in [0.2, 0.25) is 0 Å². The molecule has 0 aromatic heterocycles. The lowest BCUT2D eigenvalue weighted by atomic mass is 10.1. The Morgan fingerprint density at radius 1 is 1.24 bits per heavy atom. The lowest BCUT2D eigenvalue weighted by molar-refractivity contribution is -0.142. The highest BCUT2D eigenvalue weighted by atomic mass is 32.2. The molecule has 0 radical (unpaired) electrons. The van der Waals surface area contributed by atoms with E-state index in [9.17, 15) is 26.4 Å². The average Bonchev–Trinajstić information content (AvgIpc) is 2.26. The molecule has 1 aromatic carbocycles. The Balaban J connectivity index is 0.000000690. The first-order chi connectivity index (χ1) is 9.43. The molecule has 1 N–H and O–H groups in total. The third-order valence-electron chi connectivity index (χ3n) is 1.94. The number of carbonyl (C=O) groups is 1. The van der Waals surface area contributed by atoms with E-state index in [2.05, 4.69) is 4.74 Å². The normalized spacial score (nSPS) is 11.3. The van der Waals surface area contributed by atoms with E-state index in [4.69, 9.17) is 4.55 Å². The first-order valence-electron chi connectivity index (χ1n) is 5.67. The van der Waals surface area contributed by atoms with E-state index in [1.54, 1.807) is 6.92 Å². The van der Waals surface area contributed by atoms with Gasteiger partial charge in [-0.3, -0.25) is 9.35 Å². The molecule has 21 heavy (non-hydrogen) atoms. The summed E-state index contributed by atoms with van der Waals surface area (Å²) in [7, 11) is -3.67. The summed E-state index contributed by atoms with van der Waals surface area (Å²) in [6.45, 7) is 1.93. The van der Waals surface area contributed by atoms with E-state index in [0.29, 0.717) is 11.8 Å². The molecule has 0 atom stereocenters. The van der Waals surface area contributed by atoms with Crippen LogP contribution in [-0.4, -0.2) is 31.8 Å². The first-order valence-corrected chi connectivity index (χ1v) is 7.52. The van der Waals surface area contributed by atoms with Crippen molar-refractivity contribution < 1.29 is 35.7 Å². The molecule has 1 aromatic rings. The number of rotatable bonds is 3. The van der Waals surface area contributed by atoms with E-state index in [-0.39, 0.29) is 13.0 Å². The third kappa shape index (κ3) is 10.8. The van der Waals surface area contributed by atoms with E-state index in [1.165, 1.54) is 12.1 Å². The van der Waals surface area contributed by atoms with Crippen molar-refractivity contribution in [3.05, 3.63) is 35.4 Å². The Labute approximate surface area is 120 Å². The number of benzene rings is 1. The van der Waals surface area contributed by atoms with Crippen molar-refractivity contribution in [1.82, 2.24) is 0 Å². The van der Waals surface area contributed by atoms with Gasteiger partial charge in [-0.15, -0.1) is 0 Å². The van der Waals surface area contributed by atoms with Crippen LogP contribution in [0.3, 0.4) is 0 Å².